The van der Waals surface area contributed by atoms with E-state index in [0.29, 0.717) is 11.8 Å². The molecule has 222 valence electrons. The quantitative estimate of drug-likeness (QED) is 0.191. The average Bonchev–Trinajstić information content (AvgIpc) is 3.88. The molecule has 2 heterocycles. The summed E-state index contributed by atoms with van der Waals surface area (Å²) in [5, 5.41) is 2.04. The standard InChI is InChI=1S/C42H32N2O2/c1-2-9-28(10-3-1)30-17-21-32(22-18-30)44(33-23-19-31(20-24-33)29-11-4-5-12-29)34-25-26-35-40(27-34)45-39-16-8-13-36(41(35)39)42-43-37-14-6-7-15-38(37)46-42/h1-3,6-10,13-27,29H,4-5,11-12H2. The molecule has 0 bridgehead atoms. The molecular formula is C42H32N2O2. The molecule has 0 aliphatic heterocycles. The molecule has 4 heteroatoms. The van der Waals surface area contributed by atoms with Gasteiger partial charge in [-0.05, 0) is 96.1 Å². The molecule has 1 saturated carbocycles. The zero-order chi connectivity index (χ0) is 30.5. The van der Waals surface area contributed by atoms with E-state index < -0.39 is 0 Å². The zero-order valence-electron chi connectivity index (χ0n) is 25.4. The predicted octanol–water partition coefficient (Wildman–Crippen LogP) is 12.2. The highest BCUT2D eigenvalue weighted by molar-refractivity contribution is 6.12. The minimum absolute atomic E-state index is 0.598. The van der Waals surface area contributed by atoms with Crippen LogP contribution in [0.3, 0.4) is 0 Å². The highest BCUT2D eigenvalue weighted by Gasteiger charge is 2.21. The third-order valence-corrected chi connectivity index (χ3v) is 9.47. The van der Waals surface area contributed by atoms with Gasteiger partial charge in [0.15, 0.2) is 5.58 Å². The molecule has 2 aromatic heterocycles. The monoisotopic (exact) mass is 596 g/mol. The summed E-state index contributed by atoms with van der Waals surface area (Å²) in [6.07, 6.45) is 5.24. The fraction of sp³-hybridized carbons (Fsp3) is 0.119. The van der Waals surface area contributed by atoms with Crippen molar-refractivity contribution in [3.8, 4) is 22.6 Å². The van der Waals surface area contributed by atoms with Gasteiger partial charge in [0.2, 0.25) is 5.89 Å². The van der Waals surface area contributed by atoms with Gasteiger partial charge in [0.25, 0.3) is 0 Å². The SMILES string of the molecule is c1ccc(-c2ccc(N(c3ccc(C4CCCC4)cc3)c3ccc4c(c3)oc3cccc(-c5nc6ccccc6o5)c34)cc2)cc1. The van der Waals surface area contributed by atoms with Gasteiger partial charge in [-0.15, -0.1) is 0 Å². The molecule has 0 radical (unpaired) electrons. The van der Waals surface area contributed by atoms with E-state index in [1.54, 1.807) is 0 Å². The van der Waals surface area contributed by atoms with E-state index in [2.05, 4.69) is 108 Å². The van der Waals surface area contributed by atoms with Crippen molar-refractivity contribution in [1.82, 2.24) is 4.98 Å². The van der Waals surface area contributed by atoms with Crippen molar-refractivity contribution in [3.63, 3.8) is 0 Å². The van der Waals surface area contributed by atoms with E-state index in [1.807, 2.05) is 36.4 Å². The lowest BCUT2D eigenvalue weighted by molar-refractivity contribution is 0.620. The Kier molecular flexibility index (Phi) is 6.45. The van der Waals surface area contributed by atoms with Crippen LogP contribution in [0.2, 0.25) is 0 Å². The number of anilines is 3. The van der Waals surface area contributed by atoms with E-state index in [9.17, 15) is 0 Å². The molecule has 0 atom stereocenters. The molecule has 0 unspecified atom stereocenters. The molecule has 1 aliphatic carbocycles. The minimum atomic E-state index is 0.598. The van der Waals surface area contributed by atoms with Gasteiger partial charge >= 0.3 is 0 Å². The largest absolute Gasteiger partial charge is 0.456 e. The number of para-hydroxylation sites is 2. The molecule has 8 aromatic rings. The van der Waals surface area contributed by atoms with Crippen LogP contribution in [-0.4, -0.2) is 4.98 Å². The summed E-state index contributed by atoms with van der Waals surface area (Å²) in [7, 11) is 0. The van der Waals surface area contributed by atoms with E-state index in [4.69, 9.17) is 13.8 Å². The summed E-state index contributed by atoms with van der Waals surface area (Å²) in [5.74, 6) is 1.27. The normalized spacial score (nSPS) is 13.7. The van der Waals surface area contributed by atoms with Gasteiger partial charge in [-0.3, -0.25) is 0 Å². The Bertz CT molecular complexity index is 2280. The first-order valence-electron chi connectivity index (χ1n) is 16.2. The van der Waals surface area contributed by atoms with Crippen molar-refractivity contribution in [2.75, 3.05) is 4.90 Å². The van der Waals surface area contributed by atoms with Crippen molar-refractivity contribution in [1.29, 1.82) is 0 Å². The van der Waals surface area contributed by atoms with Crippen LogP contribution in [0.5, 0.6) is 0 Å². The van der Waals surface area contributed by atoms with E-state index in [-0.39, 0.29) is 0 Å². The summed E-state index contributed by atoms with van der Waals surface area (Å²) >= 11 is 0. The third-order valence-electron chi connectivity index (χ3n) is 9.47. The molecule has 0 spiro atoms. The topological polar surface area (TPSA) is 42.4 Å². The Labute approximate surface area is 267 Å². The number of fused-ring (bicyclic) bond motifs is 4. The van der Waals surface area contributed by atoms with Crippen molar-refractivity contribution in [2.45, 2.75) is 31.6 Å². The smallest absolute Gasteiger partial charge is 0.228 e. The van der Waals surface area contributed by atoms with E-state index in [1.165, 1.54) is 42.4 Å². The van der Waals surface area contributed by atoms with Gasteiger partial charge in [0.1, 0.15) is 16.7 Å². The van der Waals surface area contributed by atoms with Crippen LogP contribution in [0.4, 0.5) is 17.1 Å². The maximum atomic E-state index is 6.52. The molecular weight excluding hydrogens is 564 g/mol. The van der Waals surface area contributed by atoms with Crippen LogP contribution in [0.15, 0.2) is 148 Å². The Morgan fingerprint density at radius 3 is 2.00 bits per heavy atom. The molecule has 6 aromatic carbocycles. The van der Waals surface area contributed by atoms with Gasteiger partial charge in [-0.1, -0.05) is 85.6 Å². The number of hydrogen-bond acceptors (Lipinski definition) is 4. The predicted molar refractivity (Wildman–Crippen MR) is 188 cm³/mol. The van der Waals surface area contributed by atoms with Crippen LogP contribution in [0.1, 0.15) is 37.2 Å². The molecule has 4 nitrogen and oxygen atoms in total. The number of furan rings is 1. The highest BCUT2D eigenvalue weighted by atomic mass is 16.3. The molecule has 1 fully saturated rings. The first-order chi connectivity index (χ1) is 22.8. The molecule has 46 heavy (non-hydrogen) atoms. The van der Waals surface area contributed by atoms with Gasteiger partial charge in [-0.2, -0.15) is 0 Å². The Morgan fingerprint density at radius 1 is 0.543 bits per heavy atom. The van der Waals surface area contributed by atoms with Crippen molar-refractivity contribution >= 4 is 50.1 Å². The average molecular weight is 597 g/mol. The van der Waals surface area contributed by atoms with Crippen molar-refractivity contribution in [2.24, 2.45) is 0 Å². The summed E-state index contributed by atoms with van der Waals surface area (Å²) in [4.78, 5) is 7.11. The maximum Gasteiger partial charge on any atom is 0.228 e. The van der Waals surface area contributed by atoms with Crippen LogP contribution in [0.25, 0.3) is 55.6 Å². The number of oxazole rings is 1. The molecule has 0 saturated heterocycles. The zero-order valence-corrected chi connectivity index (χ0v) is 25.4. The van der Waals surface area contributed by atoms with Gasteiger partial charge < -0.3 is 13.7 Å². The first-order valence-corrected chi connectivity index (χ1v) is 16.2. The summed E-state index contributed by atoms with van der Waals surface area (Å²) in [6.45, 7) is 0. The number of rotatable bonds is 6. The molecule has 9 rings (SSSR count). The fourth-order valence-electron chi connectivity index (χ4n) is 7.15. The second-order valence-corrected chi connectivity index (χ2v) is 12.3. The lowest BCUT2D eigenvalue weighted by Crippen LogP contribution is -2.10. The summed E-state index contributed by atoms with van der Waals surface area (Å²) < 4.78 is 12.7. The number of aromatic nitrogens is 1. The second-order valence-electron chi connectivity index (χ2n) is 12.3. The van der Waals surface area contributed by atoms with E-state index in [0.717, 1.165) is 55.7 Å². The highest BCUT2D eigenvalue weighted by Crippen LogP contribution is 2.42. The van der Waals surface area contributed by atoms with Crippen molar-refractivity contribution < 1.29 is 8.83 Å². The maximum absolute atomic E-state index is 6.52. The van der Waals surface area contributed by atoms with Gasteiger partial charge in [0, 0.05) is 39.5 Å². The number of benzene rings is 6. The van der Waals surface area contributed by atoms with Crippen LogP contribution in [0, 0.1) is 0 Å². The summed E-state index contributed by atoms with van der Waals surface area (Å²) in [6, 6.07) is 49.0. The minimum Gasteiger partial charge on any atom is -0.456 e. The van der Waals surface area contributed by atoms with Crippen LogP contribution < -0.4 is 4.90 Å². The third kappa shape index (κ3) is 4.65. The Balaban J connectivity index is 1.16. The Morgan fingerprint density at radius 2 is 1.22 bits per heavy atom. The lowest BCUT2D eigenvalue weighted by Gasteiger charge is -2.26. The second kappa shape index (κ2) is 11.1. The van der Waals surface area contributed by atoms with Crippen LogP contribution >= 0.6 is 0 Å². The van der Waals surface area contributed by atoms with Crippen LogP contribution in [-0.2, 0) is 0 Å². The molecule has 0 amide bonds. The molecule has 1 aliphatic rings. The lowest BCUT2D eigenvalue weighted by atomic mass is 9.97. The molecule has 0 N–H and O–H groups in total. The Hall–Kier alpha value is -5.61. The van der Waals surface area contributed by atoms with Gasteiger partial charge in [0.05, 0.1) is 0 Å². The van der Waals surface area contributed by atoms with Crippen molar-refractivity contribution in [3.05, 3.63) is 145 Å². The van der Waals surface area contributed by atoms with Gasteiger partial charge in [-0.25, -0.2) is 4.98 Å². The number of hydrogen-bond donors (Lipinski definition) is 0. The van der Waals surface area contributed by atoms with E-state index >= 15 is 0 Å². The summed E-state index contributed by atoms with van der Waals surface area (Å²) in [5.41, 5.74) is 11.3. The fourth-order valence-corrected chi connectivity index (χ4v) is 7.15. The first kappa shape index (κ1) is 26.8. The number of nitrogens with zero attached hydrogens (tertiary/aromatic N) is 2.